The zero-order valence-electron chi connectivity index (χ0n) is 18.7. The summed E-state index contributed by atoms with van der Waals surface area (Å²) in [4.78, 5) is 13.0. The Morgan fingerprint density at radius 3 is 2.60 bits per heavy atom. The predicted molar refractivity (Wildman–Crippen MR) is 123 cm³/mol. The van der Waals surface area contributed by atoms with Crippen molar-refractivity contribution >= 4 is 23.0 Å². The number of hydrogen-bond donors (Lipinski definition) is 1. The minimum Gasteiger partial charge on any atom is -0.424 e. The van der Waals surface area contributed by atoms with Crippen LogP contribution >= 0.6 is 11.6 Å². The van der Waals surface area contributed by atoms with Gasteiger partial charge in [0.2, 0.25) is 12.3 Å². The van der Waals surface area contributed by atoms with Crippen LogP contribution in [0.3, 0.4) is 0 Å². The fraction of sp³-hybridized carbons (Fsp3) is 0.304. The monoisotopic (exact) mass is 503 g/mol. The number of aromatic nitrogens is 3. The van der Waals surface area contributed by atoms with Gasteiger partial charge in [-0.3, -0.25) is 9.89 Å². The summed E-state index contributed by atoms with van der Waals surface area (Å²) in [5.41, 5.74) is 1.45. The normalized spacial score (nSPS) is 19.6. The molecule has 1 unspecified atom stereocenters. The van der Waals surface area contributed by atoms with Crippen LogP contribution in [0, 0.1) is 17.5 Å². The molecule has 12 heteroatoms. The Hall–Kier alpha value is -3.28. The number of aliphatic imine (C=N–C) groups is 1. The lowest BCUT2D eigenvalue weighted by atomic mass is 9.94. The van der Waals surface area contributed by atoms with Crippen LogP contribution in [0.4, 0.5) is 13.2 Å². The Morgan fingerprint density at radius 1 is 1.11 bits per heavy atom. The Labute approximate surface area is 204 Å². The second kappa shape index (κ2) is 9.76. The number of nitrogens with one attached hydrogen (secondary N) is 1. The van der Waals surface area contributed by atoms with E-state index in [0.717, 1.165) is 38.4 Å². The van der Waals surface area contributed by atoms with Gasteiger partial charge in [0, 0.05) is 55.1 Å². The Kier molecular flexibility index (Phi) is 6.54. The molecule has 1 atom stereocenters. The third-order valence-corrected chi connectivity index (χ3v) is 6.31. The second-order valence-corrected chi connectivity index (χ2v) is 8.78. The predicted octanol–water partition coefficient (Wildman–Crippen LogP) is 3.29. The van der Waals surface area contributed by atoms with Crippen molar-refractivity contribution in [3.63, 3.8) is 0 Å². The number of benzene rings is 1. The highest BCUT2D eigenvalue weighted by Gasteiger charge is 2.34. The van der Waals surface area contributed by atoms with Crippen LogP contribution in [0.25, 0.3) is 5.57 Å². The van der Waals surface area contributed by atoms with Crippen molar-refractivity contribution in [3.8, 4) is 0 Å². The molecule has 0 spiro atoms. The van der Waals surface area contributed by atoms with E-state index in [0.29, 0.717) is 23.4 Å². The quantitative estimate of drug-likeness (QED) is 0.572. The molecule has 2 aromatic heterocycles. The Bertz CT molecular complexity index is 1290. The van der Waals surface area contributed by atoms with Crippen molar-refractivity contribution in [2.24, 2.45) is 4.99 Å². The summed E-state index contributed by atoms with van der Waals surface area (Å²) in [5, 5.41) is 11.2. The van der Waals surface area contributed by atoms with Crippen LogP contribution in [0.2, 0.25) is 5.02 Å². The van der Waals surface area contributed by atoms with Crippen molar-refractivity contribution in [3.05, 3.63) is 82.2 Å². The number of amidine groups is 1. The Balaban J connectivity index is 1.65. The van der Waals surface area contributed by atoms with E-state index in [9.17, 15) is 13.2 Å². The van der Waals surface area contributed by atoms with Crippen molar-refractivity contribution in [2.75, 3.05) is 39.8 Å². The summed E-state index contributed by atoms with van der Waals surface area (Å²) in [6, 6.07) is 3.85. The molecule has 0 aliphatic carbocycles. The molecule has 1 fully saturated rings. The highest BCUT2D eigenvalue weighted by Crippen LogP contribution is 2.40. The lowest BCUT2D eigenvalue weighted by molar-refractivity contribution is 0.163. The molecule has 0 radical (unpaired) electrons. The molecule has 35 heavy (non-hydrogen) atoms. The number of halogens is 4. The molecular formula is C23H21ClF3N7O. The van der Waals surface area contributed by atoms with Crippen LogP contribution in [-0.2, 0) is 0 Å². The van der Waals surface area contributed by atoms with Gasteiger partial charge in [-0.2, -0.15) is 0 Å². The lowest BCUT2D eigenvalue weighted by Gasteiger charge is -2.35. The van der Waals surface area contributed by atoms with Crippen LogP contribution < -0.4 is 5.32 Å². The summed E-state index contributed by atoms with van der Waals surface area (Å²) in [6.07, 6.45) is 2.11. The zero-order valence-corrected chi connectivity index (χ0v) is 19.4. The minimum absolute atomic E-state index is 0.0836. The highest BCUT2D eigenvalue weighted by atomic mass is 35.5. The molecule has 1 N–H and O–H groups in total. The number of rotatable bonds is 5. The molecule has 1 aromatic carbocycles. The molecule has 5 rings (SSSR count). The van der Waals surface area contributed by atoms with Gasteiger partial charge in [-0.1, -0.05) is 17.7 Å². The molecule has 3 aromatic rings. The minimum atomic E-state index is -0.875. The van der Waals surface area contributed by atoms with Gasteiger partial charge >= 0.3 is 0 Å². The third kappa shape index (κ3) is 4.93. The molecule has 182 valence electrons. The summed E-state index contributed by atoms with van der Waals surface area (Å²) >= 11 is 6.42. The van der Waals surface area contributed by atoms with E-state index in [1.165, 1.54) is 24.6 Å². The smallest absolute Gasteiger partial charge is 0.247 e. The van der Waals surface area contributed by atoms with E-state index in [1.54, 1.807) is 0 Å². The summed E-state index contributed by atoms with van der Waals surface area (Å²) in [6.45, 7) is 3.80. The number of pyridine rings is 1. The molecule has 8 nitrogen and oxygen atoms in total. The van der Waals surface area contributed by atoms with Gasteiger partial charge in [0.05, 0.1) is 11.8 Å². The first kappa shape index (κ1) is 23.5. The Morgan fingerprint density at radius 2 is 1.91 bits per heavy atom. The average molecular weight is 504 g/mol. The second-order valence-electron chi connectivity index (χ2n) is 8.37. The van der Waals surface area contributed by atoms with Crippen LogP contribution in [0.1, 0.15) is 23.2 Å². The number of nitrogens with zero attached hydrogens (tertiary/aromatic N) is 6. The molecule has 2 aliphatic rings. The fourth-order valence-corrected chi connectivity index (χ4v) is 4.42. The van der Waals surface area contributed by atoms with Gasteiger partial charge in [-0.25, -0.2) is 18.2 Å². The highest BCUT2D eigenvalue weighted by molar-refractivity contribution is 6.31. The van der Waals surface area contributed by atoms with E-state index in [-0.39, 0.29) is 22.4 Å². The molecular weight excluding hydrogens is 483 g/mol. The van der Waals surface area contributed by atoms with Crippen LogP contribution in [0.15, 0.2) is 52.0 Å². The SMILES string of the molecule is CN1CCN(CC2=C(c3nnco3)C(c3ccc(F)cc3Cl)N=C(c3ncc(F)cc3F)N2)CC1. The van der Waals surface area contributed by atoms with Gasteiger partial charge in [-0.15, -0.1) is 10.2 Å². The van der Waals surface area contributed by atoms with Gasteiger partial charge in [0.25, 0.3) is 0 Å². The first-order chi connectivity index (χ1) is 16.9. The van der Waals surface area contributed by atoms with E-state index in [2.05, 4.69) is 42.3 Å². The number of piperazine rings is 1. The molecule has 0 bridgehead atoms. The van der Waals surface area contributed by atoms with Gasteiger partial charge in [-0.05, 0) is 19.2 Å². The zero-order chi connectivity index (χ0) is 24.5. The maximum absolute atomic E-state index is 14.7. The number of likely N-dealkylation sites (N-methyl/N-ethyl adjacent to an activating group) is 1. The van der Waals surface area contributed by atoms with Crippen LogP contribution in [0.5, 0.6) is 0 Å². The van der Waals surface area contributed by atoms with Gasteiger partial charge < -0.3 is 14.6 Å². The lowest BCUT2D eigenvalue weighted by Crippen LogP contribution is -2.47. The summed E-state index contributed by atoms with van der Waals surface area (Å²) in [5.74, 6) is -1.91. The first-order valence-electron chi connectivity index (χ1n) is 10.9. The van der Waals surface area contributed by atoms with Crippen molar-refractivity contribution in [1.29, 1.82) is 0 Å². The molecule has 0 amide bonds. The van der Waals surface area contributed by atoms with E-state index >= 15 is 0 Å². The summed E-state index contributed by atoms with van der Waals surface area (Å²) < 4.78 is 47.6. The van der Waals surface area contributed by atoms with Crippen LogP contribution in [-0.4, -0.2) is 70.6 Å². The van der Waals surface area contributed by atoms with Gasteiger partial charge in [0.15, 0.2) is 11.7 Å². The summed E-state index contributed by atoms with van der Waals surface area (Å²) in [7, 11) is 2.06. The molecule has 1 saturated heterocycles. The van der Waals surface area contributed by atoms with Crippen molar-refractivity contribution < 1.29 is 17.6 Å². The molecule has 0 saturated carbocycles. The average Bonchev–Trinajstić information content (AvgIpc) is 3.35. The van der Waals surface area contributed by atoms with E-state index in [1.807, 2.05) is 0 Å². The fourth-order valence-electron chi connectivity index (χ4n) is 4.15. The van der Waals surface area contributed by atoms with Gasteiger partial charge in [0.1, 0.15) is 23.4 Å². The van der Waals surface area contributed by atoms with Crippen molar-refractivity contribution in [2.45, 2.75) is 6.04 Å². The van der Waals surface area contributed by atoms with E-state index < -0.39 is 23.5 Å². The molecule has 4 heterocycles. The maximum atomic E-state index is 14.7. The first-order valence-corrected chi connectivity index (χ1v) is 11.3. The largest absolute Gasteiger partial charge is 0.424 e. The number of hydrogen-bond acceptors (Lipinski definition) is 8. The van der Waals surface area contributed by atoms with Crippen molar-refractivity contribution in [1.82, 2.24) is 30.3 Å². The standard InChI is InChI=1S/C23H21ClF3N7O/c1-33-4-6-34(7-5-33)11-18-19(23-32-29-12-35-23)20(15-3-2-13(25)8-16(15)24)31-22(30-18)21-17(27)9-14(26)10-28-21/h2-3,8-10,12,20H,4-7,11H2,1H3,(H,30,31). The molecule has 2 aliphatic heterocycles. The maximum Gasteiger partial charge on any atom is 0.247 e. The third-order valence-electron chi connectivity index (χ3n) is 5.98. The van der Waals surface area contributed by atoms with E-state index in [4.69, 9.17) is 16.0 Å². The topological polar surface area (TPSA) is 82.7 Å².